The lowest BCUT2D eigenvalue weighted by atomic mass is 10.1. The Bertz CT molecular complexity index is 380. The van der Waals surface area contributed by atoms with Crippen LogP contribution in [0.3, 0.4) is 0 Å². The largest absolute Gasteiger partial charge is 0.338 e. The van der Waals surface area contributed by atoms with Crippen LogP contribution in [-0.4, -0.2) is 12.6 Å². The van der Waals surface area contributed by atoms with Crippen LogP contribution in [0.1, 0.15) is 32.3 Å². The third-order valence-electron chi connectivity index (χ3n) is 2.64. The predicted octanol–water partition coefficient (Wildman–Crippen LogP) is 3.58. The summed E-state index contributed by atoms with van der Waals surface area (Å²) in [6.07, 6.45) is 2.14. The molecule has 2 N–H and O–H groups in total. The molecule has 0 saturated carbocycles. The van der Waals surface area contributed by atoms with Crippen LogP contribution in [0.2, 0.25) is 5.02 Å². The molecule has 0 aliphatic rings. The summed E-state index contributed by atoms with van der Waals surface area (Å²) in [5.41, 5.74) is 0.927. The fraction of sp³-hybridized carbons (Fsp3) is 0.500. The van der Waals surface area contributed by atoms with E-state index in [0.29, 0.717) is 24.0 Å². The molecule has 0 radical (unpaired) electrons. The number of carbonyl (C=O) groups excluding carboxylic acids is 1. The van der Waals surface area contributed by atoms with Crippen molar-refractivity contribution in [3.63, 3.8) is 0 Å². The maximum atomic E-state index is 11.5. The van der Waals surface area contributed by atoms with Crippen LogP contribution in [0.25, 0.3) is 0 Å². The van der Waals surface area contributed by atoms with Crippen LogP contribution in [0.4, 0.5) is 4.79 Å². The molecule has 4 heteroatoms. The quantitative estimate of drug-likeness (QED) is 0.761. The first-order valence-corrected chi connectivity index (χ1v) is 6.72. The van der Waals surface area contributed by atoms with Crippen LogP contribution in [0.5, 0.6) is 0 Å². The first kappa shape index (κ1) is 14.8. The van der Waals surface area contributed by atoms with Gasteiger partial charge in [0.25, 0.3) is 0 Å². The zero-order valence-electron chi connectivity index (χ0n) is 11.0. The summed E-state index contributed by atoms with van der Waals surface area (Å²) < 4.78 is 0. The molecule has 18 heavy (non-hydrogen) atoms. The zero-order valence-corrected chi connectivity index (χ0v) is 11.8. The van der Waals surface area contributed by atoms with Gasteiger partial charge in [-0.1, -0.05) is 43.6 Å². The van der Waals surface area contributed by atoms with Gasteiger partial charge in [-0.25, -0.2) is 4.79 Å². The van der Waals surface area contributed by atoms with Gasteiger partial charge >= 0.3 is 6.03 Å². The average molecular weight is 269 g/mol. The van der Waals surface area contributed by atoms with E-state index < -0.39 is 0 Å². The Morgan fingerprint density at radius 3 is 2.67 bits per heavy atom. The molecule has 0 atom stereocenters. The molecule has 0 aliphatic heterocycles. The molecular formula is C14H21ClN2O. The van der Waals surface area contributed by atoms with Crippen LogP contribution in [-0.2, 0) is 6.54 Å². The van der Waals surface area contributed by atoms with Crippen molar-refractivity contribution in [2.24, 2.45) is 5.92 Å². The number of hydrogen-bond acceptors (Lipinski definition) is 1. The third-order valence-corrected chi connectivity index (χ3v) is 3.01. The van der Waals surface area contributed by atoms with Crippen LogP contribution < -0.4 is 10.6 Å². The molecule has 0 spiro atoms. The molecule has 2 amide bonds. The van der Waals surface area contributed by atoms with E-state index in [1.807, 2.05) is 24.3 Å². The summed E-state index contributed by atoms with van der Waals surface area (Å²) in [5, 5.41) is 6.31. The van der Waals surface area contributed by atoms with Gasteiger partial charge in [0.15, 0.2) is 0 Å². The van der Waals surface area contributed by atoms with E-state index in [4.69, 9.17) is 11.6 Å². The Labute approximate surface area is 114 Å². The molecule has 0 bridgehead atoms. The van der Waals surface area contributed by atoms with Crippen LogP contribution in [0.15, 0.2) is 24.3 Å². The van der Waals surface area contributed by atoms with Crippen LogP contribution >= 0.6 is 11.6 Å². The highest BCUT2D eigenvalue weighted by molar-refractivity contribution is 6.31. The number of urea groups is 1. The second-order valence-electron chi connectivity index (χ2n) is 4.74. The highest BCUT2D eigenvalue weighted by atomic mass is 35.5. The number of carbonyl (C=O) groups is 1. The van der Waals surface area contributed by atoms with E-state index in [2.05, 4.69) is 24.5 Å². The van der Waals surface area contributed by atoms with E-state index in [1.54, 1.807) is 0 Å². The van der Waals surface area contributed by atoms with Crippen molar-refractivity contribution >= 4 is 17.6 Å². The monoisotopic (exact) mass is 268 g/mol. The number of hydrogen-bond donors (Lipinski definition) is 2. The van der Waals surface area contributed by atoms with Crippen LogP contribution in [0, 0.1) is 5.92 Å². The maximum Gasteiger partial charge on any atom is 0.315 e. The molecular weight excluding hydrogens is 248 g/mol. The minimum Gasteiger partial charge on any atom is -0.338 e. The first-order chi connectivity index (χ1) is 8.59. The van der Waals surface area contributed by atoms with Crippen molar-refractivity contribution in [2.45, 2.75) is 33.2 Å². The number of rotatable bonds is 6. The Morgan fingerprint density at radius 1 is 1.28 bits per heavy atom. The Balaban J connectivity index is 2.19. The lowest BCUT2D eigenvalue weighted by molar-refractivity contribution is 0.240. The summed E-state index contributed by atoms with van der Waals surface area (Å²) >= 11 is 6.00. The van der Waals surface area contributed by atoms with Gasteiger partial charge in [-0.15, -0.1) is 0 Å². The molecule has 3 nitrogen and oxygen atoms in total. The van der Waals surface area contributed by atoms with Gasteiger partial charge in [0.05, 0.1) is 0 Å². The summed E-state index contributed by atoms with van der Waals surface area (Å²) in [6, 6.07) is 7.36. The fourth-order valence-corrected chi connectivity index (χ4v) is 1.79. The van der Waals surface area contributed by atoms with E-state index in [0.717, 1.165) is 18.4 Å². The predicted molar refractivity (Wildman–Crippen MR) is 75.8 cm³/mol. The molecule has 0 aliphatic carbocycles. The van der Waals surface area contributed by atoms with Crippen molar-refractivity contribution in [1.29, 1.82) is 0 Å². The van der Waals surface area contributed by atoms with Crippen molar-refractivity contribution in [2.75, 3.05) is 6.54 Å². The molecule has 1 aromatic carbocycles. The second kappa shape index (κ2) is 7.98. The Morgan fingerprint density at radius 2 is 2.00 bits per heavy atom. The van der Waals surface area contributed by atoms with Gasteiger partial charge in [0.1, 0.15) is 0 Å². The van der Waals surface area contributed by atoms with Gasteiger partial charge in [-0.3, -0.25) is 0 Å². The number of nitrogens with one attached hydrogen (secondary N) is 2. The summed E-state index contributed by atoms with van der Waals surface area (Å²) in [4.78, 5) is 11.5. The molecule has 0 aromatic heterocycles. The fourth-order valence-electron chi connectivity index (χ4n) is 1.59. The summed E-state index contributed by atoms with van der Waals surface area (Å²) in [5.74, 6) is 0.679. The van der Waals surface area contributed by atoms with E-state index in [1.165, 1.54) is 0 Å². The SMILES string of the molecule is CC(C)CCCNC(=O)NCc1ccccc1Cl. The highest BCUT2D eigenvalue weighted by Gasteiger charge is 2.02. The van der Waals surface area contributed by atoms with Gasteiger partial charge < -0.3 is 10.6 Å². The molecule has 1 rings (SSSR count). The summed E-state index contributed by atoms with van der Waals surface area (Å²) in [7, 11) is 0. The number of amides is 2. The van der Waals surface area contributed by atoms with E-state index >= 15 is 0 Å². The van der Waals surface area contributed by atoms with Crippen molar-refractivity contribution in [3.05, 3.63) is 34.9 Å². The standard InChI is InChI=1S/C14H21ClN2O/c1-11(2)6-5-9-16-14(18)17-10-12-7-3-4-8-13(12)15/h3-4,7-8,11H,5-6,9-10H2,1-2H3,(H2,16,17,18). The smallest absolute Gasteiger partial charge is 0.315 e. The van der Waals surface area contributed by atoms with Crippen molar-refractivity contribution in [3.8, 4) is 0 Å². The lowest BCUT2D eigenvalue weighted by Crippen LogP contribution is -2.35. The van der Waals surface area contributed by atoms with E-state index in [9.17, 15) is 4.79 Å². The van der Waals surface area contributed by atoms with Crippen molar-refractivity contribution in [1.82, 2.24) is 10.6 Å². The highest BCUT2D eigenvalue weighted by Crippen LogP contribution is 2.14. The average Bonchev–Trinajstić information content (AvgIpc) is 2.33. The van der Waals surface area contributed by atoms with Gasteiger partial charge in [0, 0.05) is 18.1 Å². The lowest BCUT2D eigenvalue weighted by Gasteiger charge is -2.09. The first-order valence-electron chi connectivity index (χ1n) is 6.34. The Kier molecular flexibility index (Phi) is 6.58. The normalized spacial score (nSPS) is 10.4. The molecule has 100 valence electrons. The molecule has 0 saturated heterocycles. The molecule has 0 heterocycles. The van der Waals surface area contributed by atoms with Gasteiger partial charge in [0.2, 0.25) is 0 Å². The minimum absolute atomic E-state index is 0.140. The minimum atomic E-state index is -0.140. The molecule has 1 aromatic rings. The molecule has 0 unspecified atom stereocenters. The summed E-state index contributed by atoms with van der Waals surface area (Å²) in [6.45, 7) is 5.52. The van der Waals surface area contributed by atoms with Crippen molar-refractivity contribution < 1.29 is 4.79 Å². The number of halogens is 1. The number of benzene rings is 1. The topological polar surface area (TPSA) is 41.1 Å². The third kappa shape index (κ3) is 5.92. The Hall–Kier alpha value is -1.22. The van der Waals surface area contributed by atoms with Gasteiger partial charge in [-0.2, -0.15) is 0 Å². The second-order valence-corrected chi connectivity index (χ2v) is 5.14. The zero-order chi connectivity index (χ0) is 13.4. The van der Waals surface area contributed by atoms with Gasteiger partial charge in [-0.05, 0) is 30.4 Å². The molecule has 0 fully saturated rings. The maximum absolute atomic E-state index is 11.5. The van der Waals surface area contributed by atoms with E-state index in [-0.39, 0.29) is 6.03 Å².